The predicted octanol–water partition coefficient (Wildman–Crippen LogP) is -0.197. The van der Waals surface area contributed by atoms with E-state index in [1.807, 2.05) is 20.8 Å². The van der Waals surface area contributed by atoms with Gasteiger partial charge in [0.2, 0.25) is 11.8 Å². The summed E-state index contributed by atoms with van der Waals surface area (Å²) in [5, 5.41) is 14.3. The normalized spacial score (nSPS) is 14.1. The van der Waals surface area contributed by atoms with Gasteiger partial charge in [-0.3, -0.25) is 9.59 Å². The van der Waals surface area contributed by atoms with Crippen molar-refractivity contribution in [2.45, 2.75) is 52.3 Å². The molecule has 2 atom stereocenters. The van der Waals surface area contributed by atoms with Gasteiger partial charge in [0.05, 0.1) is 0 Å². The average Bonchev–Trinajstić information content (AvgIpc) is 2.23. The highest BCUT2D eigenvalue weighted by Gasteiger charge is 2.12. The number of rotatable bonds is 8. The molecule has 0 fully saturated rings. The van der Waals surface area contributed by atoms with Crippen LogP contribution in [-0.2, 0) is 14.3 Å². The summed E-state index contributed by atoms with van der Waals surface area (Å²) in [7, 11) is 0. The Morgan fingerprint density at radius 1 is 1.17 bits per heavy atom. The SMILES string of the molecule is CC(C)NC(=O)COCCC(C)NC(=O)C(C)O. The zero-order chi connectivity index (χ0) is 14.1. The molecular weight excluding hydrogens is 236 g/mol. The number of carbonyl (C=O) groups excluding carboxylic acids is 2. The third kappa shape index (κ3) is 8.95. The minimum absolute atomic E-state index is 0.0231. The maximum absolute atomic E-state index is 11.2. The van der Waals surface area contributed by atoms with E-state index in [1.54, 1.807) is 0 Å². The van der Waals surface area contributed by atoms with E-state index in [2.05, 4.69) is 10.6 Å². The molecule has 0 aliphatic rings. The number of hydrogen-bond acceptors (Lipinski definition) is 4. The summed E-state index contributed by atoms with van der Waals surface area (Å²) in [6, 6.07) is 0.00520. The van der Waals surface area contributed by atoms with Crippen LogP contribution in [0.5, 0.6) is 0 Å². The molecule has 6 nitrogen and oxygen atoms in total. The van der Waals surface area contributed by atoms with E-state index in [-0.39, 0.29) is 24.6 Å². The Hall–Kier alpha value is -1.14. The van der Waals surface area contributed by atoms with Crippen LogP contribution in [0.25, 0.3) is 0 Å². The van der Waals surface area contributed by atoms with Crippen LogP contribution in [0.2, 0.25) is 0 Å². The highest BCUT2D eigenvalue weighted by atomic mass is 16.5. The van der Waals surface area contributed by atoms with Crippen LogP contribution in [0.15, 0.2) is 0 Å². The van der Waals surface area contributed by atoms with Gasteiger partial charge in [-0.25, -0.2) is 0 Å². The maximum atomic E-state index is 11.2. The van der Waals surface area contributed by atoms with E-state index in [1.165, 1.54) is 6.92 Å². The molecule has 0 aliphatic carbocycles. The van der Waals surface area contributed by atoms with Crippen molar-refractivity contribution in [1.29, 1.82) is 0 Å². The van der Waals surface area contributed by atoms with Crippen LogP contribution in [0, 0.1) is 0 Å². The minimum Gasteiger partial charge on any atom is -0.384 e. The van der Waals surface area contributed by atoms with Crippen LogP contribution < -0.4 is 10.6 Å². The van der Waals surface area contributed by atoms with Crippen molar-refractivity contribution in [3.05, 3.63) is 0 Å². The van der Waals surface area contributed by atoms with Gasteiger partial charge in [0.15, 0.2) is 0 Å². The third-order valence-electron chi connectivity index (χ3n) is 2.15. The second kappa shape index (κ2) is 8.88. The van der Waals surface area contributed by atoms with E-state index < -0.39 is 12.0 Å². The Morgan fingerprint density at radius 2 is 1.78 bits per heavy atom. The fraction of sp³-hybridized carbons (Fsp3) is 0.833. The Kier molecular flexibility index (Phi) is 8.32. The minimum atomic E-state index is -1.01. The molecule has 3 N–H and O–H groups in total. The van der Waals surface area contributed by atoms with Crippen molar-refractivity contribution >= 4 is 11.8 Å². The molecule has 0 spiro atoms. The predicted molar refractivity (Wildman–Crippen MR) is 68.0 cm³/mol. The smallest absolute Gasteiger partial charge is 0.248 e. The lowest BCUT2D eigenvalue weighted by atomic mass is 10.2. The molecule has 0 aromatic rings. The van der Waals surface area contributed by atoms with Crippen LogP contribution in [0.4, 0.5) is 0 Å². The lowest BCUT2D eigenvalue weighted by Crippen LogP contribution is -2.39. The number of carbonyl (C=O) groups is 2. The highest BCUT2D eigenvalue weighted by Crippen LogP contribution is 1.93. The summed E-state index contributed by atoms with van der Waals surface area (Å²) in [5.41, 5.74) is 0. The van der Waals surface area contributed by atoms with Crippen LogP contribution in [-0.4, -0.2) is 48.3 Å². The van der Waals surface area contributed by atoms with Gasteiger partial charge in [-0.15, -0.1) is 0 Å². The molecule has 0 saturated heterocycles. The Morgan fingerprint density at radius 3 is 2.28 bits per heavy atom. The number of aliphatic hydroxyl groups excluding tert-OH is 1. The molecule has 2 amide bonds. The summed E-state index contributed by atoms with van der Waals surface area (Å²) in [6.07, 6.45) is -0.418. The highest BCUT2D eigenvalue weighted by molar-refractivity contribution is 5.80. The van der Waals surface area contributed by atoms with Crippen molar-refractivity contribution in [2.75, 3.05) is 13.2 Å². The topological polar surface area (TPSA) is 87.7 Å². The summed E-state index contributed by atoms with van der Waals surface area (Å²) >= 11 is 0. The average molecular weight is 260 g/mol. The zero-order valence-electron chi connectivity index (χ0n) is 11.5. The molecule has 0 bridgehead atoms. The number of ether oxygens (including phenoxy) is 1. The van der Waals surface area contributed by atoms with E-state index in [0.29, 0.717) is 13.0 Å². The lowest BCUT2D eigenvalue weighted by molar-refractivity contribution is -0.129. The van der Waals surface area contributed by atoms with Gasteiger partial charge in [0.25, 0.3) is 0 Å². The van der Waals surface area contributed by atoms with Crippen LogP contribution in [0.1, 0.15) is 34.1 Å². The number of aliphatic hydroxyl groups is 1. The molecule has 0 aromatic heterocycles. The van der Waals surface area contributed by atoms with Crippen molar-refractivity contribution in [3.8, 4) is 0 Å². The Bertz CT molecular complexity index is 267. The molecule has 6 heteroatoms. The second-order valence-electron chi connectivity index (χ2n) is 4.65. The number of hydrogen-bond donors (Lipinski definition) is 3. The molecule has 0 aliphatic heterocycles. The molecule has 0 radical (unpaired) electrons. The third-order valence-corrected chi connectivity index (χ3v) is 2.15. The molecule has 106 valence electrons. The van der Waals surface area contributed by atoms with E-state index in [4.69, 9.17) is 9.84 Å². The van der Waals surface area contributed by atoms with E-state index >= 15 is 0 Å². The van der Waals surface area contributed by atoms with Crippen LogP contribution in [0.3, 0.4) is 0 Å². The summed E-state index contributed by atoms with van der Waals surface area (Å²) in [5.74, 6) is -0.550. The molecule has 0 aromatic carbocycles. The fourth-order valence-corrected chi connectivity index (χ4v) is 1.22. The molecule has 0 heterocycles. The Labute approximate surface area is 108 Å². The van der Waals surface area contributed by atoms with Crippen molar-refractivity contribution < 1.29 is 19.4 Å². The first kappa shape index (κ1) is 16.9. The van der Waals surface area contributed by atoms with Crippen molar-refractivity contribution in [2.24, 2.45) is 0 Å². The lowest BCUT2D eigenvalue weighted by Gasteiger charge is -2.15. The van der Waals surface area contributed by atoms with E-state index in [0.717, 1.165) is 0 Å². The number of nitrogens with one attached hydrogen (secondary N) is 2. The summed E-state index contributed by atoms with van der Waals surface area (Å²) in [6.45, 7) is 7.39. The summed E-state index contributed by atoms with van der Waals surface area (Å²) in [4.78, 5) is 22.4. The molecular formula is C12H24N2O4. The first-order chi connectivity index (χ1) is 8.32. The molecule has 18 heavy (non-hydrogen) atoms. The van der Waals surface area contributed by atoms with Gasteiger partial charge in [0.1, 0.15) is 12.7 Å². The maximum Gasteiger partial charge on any atom is 0.248 e. The van der Waals surface area contributed by atoms with Crippen molar-refractivity contribution in [3.63, 3.8) is 0 Å². The van der Waals surface area contributed by atoms with E-state index in [9.17, 15) is 9.59 Å². The molecule has 0 rings (SSSR count). The molecule has 2 unspecified atom stereocenters. The quantitative estimate of drug-likeness (QED) is 0.528. The van der Waals surface area contributed by atoms with Gasteiger partial charge < -0.3 is 20.5 Å². The van der Waals surface area contributed by atoms with Gasteiger partial charge in [-0.1, -0.05) is 0 Å². The van der Waals surface area contributed by atoms with Gasteiger partial charge in [-0.05, 0) is 34.1 Å². The fourth-order valence-electron chi connectivity index (χ4n) is 1.22. The largest absolute Gasteiger partial charge is 0.384 e. The van der Waals surface area contributed by atoms with Crippen molar-refractivity contribution in [1.82, 2.24) is 10.6 Å². The second-order valence-corrected chi connectivity index (χ2v) is 4.65. The van der Waals surface area contributed by atoms with Crippen LogP contribution >= 0.6 is 0 Å². The molecule has 0 saturated carbocycles. The summed E-state index contributed by atoms with van der Waals surface area (Å²) < 4.78 is 5.18. The zero-order valence-corrected chi connectivity index (χ0v) is 11.5. The Balaban J connectivity index is 3.60. The first-order valence-electron chi connectivity index (χ1n) is 6.18. The van der Waals surface area contributed by atoms with Gasteiger partial charge >= 0.3 is 0 Å². The first-order valence-corrected chi connectivity index (χ1v) is 6.18. The van der Waals surface area contributed by atoms with Gasteiger partial charge in [0, 0.05) is 18.7 Å². The standard InChI is InChI=1S/C12H24N2O4/c1-8(2)13-11(16)7-18-6-5-9(3)14-12(17)10(4)15/h8-10,15H,5-7H2,1-4H3,(H,13,16)(H,14,17). The van der Waals surface area contributed by atoms with Gasteiger partial charge in [-0.2, -0.15) is 0 Å². The monoisotopic (exact) mass is 260 g/mol. The number of amides is 2.